The average molecular weight is 362 g/mol. The molecule has 24 heavy (non-hydrogen) atoms. The van der Waals surface area contributed by atoms with Crippen molar-refractivity contribution in [2.24, 2.45) is 5.73 Å². The highest BCUT2D eigenvalue weighted by atomic mass is 32.1. The molecule has 1 unspecified atom stereocenters. The minimum absolute atomic E-state index is 0.166. The summed E-state index contributed by atoms with van der Waals surface area (Å²) in [6.07, 6.45) is 4.98. The molecular weight excluding hydrogens is 338 g/mol. The van der Waals surface area contributed by atoms with E-state index in [0.29, 0.717) is 11.4 Å². The molecule has 0 spiro atoms. The number of nitrogens with zero attached hydrogens (tertiary/aromatic N) is 2. The predicted molar refractivity (Wildman–Crippen MR) is 102 cm³/mol. The quantitative estimate of drug-likeness (QED) is 0.512. The number of rotatable bonds is 10. The molecule has 0 radical (unpaired) electrons. The molecule has 2 aromatic rings. The zero-order chi connectivity index (χ0) is 17.4. The Morgan fingerprint density at radius 2 is 2.00 bits per heavy atom. The maximum absolute atomic E-state index is 12.8. The lowest BCUT2D eigenvalue weighted by Crippen LogP contribution is -2.15. The van der Waals surface area contributed by atoms with Crippen LogP contribution in [0.5, 0.6) is 0 Å². The van der Waals surface area contributed by atoms with E-state index in [1.165, 1.54) is 11.5 Å². The van der Waals surface area contributed by atoms with E-state index in [2.05, 4.69) is 9.36 Å². The number of carbonyl (C=O) groups is 1. The zero-order valence-electron chi connectivity index (χ0n) is 13.9. The molecule has 0 amide bonds. The van der Waals surface area contributed by atoms with Crippen LogP contribution in [0.2, 0.25) is 0 Å². The molecule has 1 aromatic heterocycles. The Bertz CT molecular complexity index is 670. The van der Waals surface area contributed by atoms with Crippen LogP contribution in [0.25, 0.3) is 0 Å². The van der Waals surface area contributed by atoms with Crippen LogP contribution in [0, 0.1) is 6.92 Å². The number of ketones is 1. The van der Waals surface area contributed by atoms with Crippen molar-refractivity contribution in [3.63, 3.8) is 0 Å². The van der Waals surface area contributed by atoms with E-state index in [4.69, 9.17) is 18.0 Å². The van der Waals surface area contributed by atoms with Crippen LogP contribution in [-0.2, 0) is 11.2 Å². The van der Waals surface area contributed by atoms with Crippen molar-refractivity contribution in [1.82, 2.24) is 9.36 Å². The number of hydrogen-bond donors (Lipinski definition) is 1. The number of aromatic nitrogens is 2. The van der Waals surface area contributed by atoms with Gasteiger partial charge in [-0.1, -0.05) is 55.4 Å². The van der Waals surface area contributed by atoms with Gasteiger partial charge in [-0.15, -0.1) is 0 Å². The lowest BCUT2D eigenvalue weighted by Gasteiger charge is -2.13. The fourth-order valence-electron chi connectivity index (χ4n) is 2.62. The fraction of sp³-hybridized carbons (Fsp3) is 0.444. The third kappa shape index (κ3) is 6.09. The molecule has 0 aliphatic carbocycles. The minimum Gasteiger partial charge on any atom is -0.393 e. The second-order valence-electron chi connectivity index (χ2n) is 5.93. The summed E-state index contributed by atoms with van der Waals surface area (Å²) in [6, 6.07) is 9.86. The molecular formula is C18H23N3OS2. The van der Waals surface area contributed by atoms with Crippen molar-refractivity contribution in [2.75, 3.05) is 0 Å². The molecule has 0 fully saturated rings. The minimum atomic E-state index is -0.166. The second-order valence-corrected chi connectivity index (χ2v) is 7.23. The van der Waals surface area contributed by atoms with Gasteiger partial charge in [-0.05, 0) is 43.3 Å². The Kier molecular flexibility index (Phi) is 7.46. The van der Waals surface area contributed by atoms with E-state index < -0.39 is 0 Å². The second kappa shape index (κ2) is 9.59. The lowest BCUT2D eigenvalue weighted by molar-refractivity contribution is -0.120. The van der Waals surface area contributed by atoms with Crippen molar-refractivity contribution >= 4 is 34.5 Å². The van der Waals surface area contributed by atoms with Gasteiger partial charge in [0.05, 0.1) is 10.9 Å². The van der Waals surface area contributed by atoms with Crippen LogP contribution < -0.4 is 5.73 Å². The van der Waals surface area contributed by atoms with Gasteiger partial charge < -0.3 is 5.73 Å². The SMILES string of the molecule is Cc1nsc(C(CCCCCC(N)=S)C(=O)Cc2ccccc2)n1. The maximum Gasteiger partial charge on any atom is 0.147 e. The summed E-state index contributed by atoms with van der Waals surface area (Å²) in [7, 11) is 0. The smallest absolute Gasteiger partial charge is 0.147 e. The first kappa shape index (κ1) is 18.7. The molecule has 1 aromatic carbocycles. The van der Waals surface area contributed by atoms with E-state index in [1.807, 2.05) is 37.3 Å². The van der Waals surface area contributed by atoms with Gasteiger partial charge in [0.25, 0.3) is 0 Å². The number of thiocarbonyl (C=S) groups is 1. The number of benzene rings is 1. The summed E-state index contributed by atoms with van der Waals surface area (Å²) in [6.45, 7) is 1.86. The molecule has 2 N–H and O–H groups in total. The summed E-state index contributed by atoms with van der Waals surface area (Å²) in [5.41, 5.74) is 6.57. The Morgan fingerprint density at radius 1 is 1.25 bits per heavy atom. The highest BCUT2D eigenvalue weighted by molar-refractivity contribution is 7.80. The summed E-state index contributed by atoms with van der Waals surface area (Å²) in [5, 5.41) is 0.836. The van der Waals surface area contributed by atoms with Gasteiger partial charge in [-0.3, -0.25) is 4.79 Å². The first-order valence-electron chi connectivity index (χ1n) is 8.21. The molecule has 0 bridgehead atoms. The Morgan fingerprint density at radius 3 is 2.62 bits per heavy atom. The monoisotopic (exact) mass is 361 g/mol. The van der Waals surface area contributed by atoms with Crippen LogP contribution in [0.4, 0.5) is 0 Å². The van der Waals surface area contributed by atoms with Crippen molar-refractivity contribution in [2.45, 2.75) is 51.4 Å². The van der Waals surface area contributed by atoms with Crippen LogP contribution in [-0.4, -0.2) is 20.1 Å². The Labute approximate surface area is 152 Å². The van der Waals surface area contributed by atoms with Gasteiger partial charge in [0.15, 0.2) is 0 Å². The van der Waals surface area contributed by atoms with Gasteiger partial charge in [0.1, 0.15) is 16.6 Å². The van der Waals surface area contributed by atoms with Crippen molar-refractivity contribution in [3.8, 4) is 0 Å². The van der Waals surface area contributed by atoms with Gasteiger partial charge in [0, 0.05) is 6.42 Å². The predicted octanol–water partition coefficient (Wildman–Crippen LogP) is 3.98. The van der Waals surface area contributed by atoms with E-state index in [9.17, 15) is 4.79 Å². The van der Waals surface area contributed by atoms with Gasteiger partial charge in [-0.25, -0.2) is 4.98 Å². The van der Waals surface area contributed by atoms with Gasteiger partial charge in [0.2, 0.25) is 0 Å². The highest BCUT2D eigenvalue weighted by Gasteiger charge is 2.23. The highest BCUT2D eigenvalue weighted by Crippen LogP contribution is 2.26. The molecule has 128 valence electrons. The molecule has 1 atom stereocenters. The largest absolute Gasteiger partial charge is 0.393 e. The van der Waals surface area contributed by atoms with Crippen LogP contribution >= 0.6 is 23.8 Å². The van der Waals surface area contributed by atoms with Crippen LogP contribution in [0.3, 0.4) is 0 Å². The normalized spacial score (nSPS) is 12.0. The van der Waals surface area contributed by atoms with Gasteiger partial charge >= 0.3 is 0 Å². The molecule has 0 aliphatic rings. The number of aryl methyl sites for hydroxylation is 1. The maximum atomic E-state index is 12.8. The topological polar surface area (TPSA) is 68.9 Å². The first-order valence-corrected chi connectivity index (χ1v) is 9.39. The molecule has 0 aliphatic heterocycles. The molecule has 2 rings (SSSR count). The van der Waals surface area contributed by atoms with Crippen LogP contribution in [0.15, 0.2) is 30.3 Å². The molecule has 0 saturated heterocycles. The van der Waals surface area contributed by atoms with Crippen LogP contribution in [0.1, 0.15) is 54.4 Å². The number of unbranched alkanes of at least 4 members (excludes halogenated alkanes) is 2. The van der Waals surface area contributed by atoms with E-state index in [-0.39, 0.29) is 11.7 Å². The first-order chi connectivity index (χ1) is 11.6. The van der Waals surface area contributed by atoms with Crippen molar-refractivity contribution < 1.29 is 4.79 Å². The average Bonchev–Trinajstić information content (AvgIpc) is 2.97. The fourth-order valence-corrected chi connectivity index (χ4v) is 3.58. The third-order valence-electron chi connectivity index (χ3n) is 3.87. The number of carbonyl (C=O) groups excluding carboxylic acids is 1. The molecule has 0 saturated carbocycles. The summed E-state index contributed by atoms with van der Waals surface area (Å²) < 4.78 is 4.24. The molecule has 4 nitrogen and oxygen atoms in total. The van der Waals surface area contributed by atoms with Crippen molar-refractivity contribution in [3.05, 3.63) is 46.7 Å². The van der Waals surface area contributed by atoms with Gasteiger partial charge in [-0.2, -0.15) is 4.37 Å². The number of hydrogen-bond acceptors (Lipinski definition) is 5. The molecule has 1 heterocycles. The van der Waals surface area contributed by atoms with Crippen molar-refractivity contribution in [1.29, 1.82) is 0 Å². The summed E-state index contributed by atoms with van der Waals surface area (Å²) >= 11 is 6.24. The summed E-state index contributed by atoms with van der Waals surface area (Å²) in [4.78, 5) is 17.8. The molecule has 6 heteroatoms. The Hall–Kier alpha value is -1.66. The number of Topliss-reactive ketones (excluding diaryl/α,β-unsaturated/α-hetero) is 1. The number of nitrogens with two attached hydrogens (primary N) is 1. The van der Waals surface area contributed by atoms with E-state index >= 15 is 0 Å². The van der Waals surface area contributed by atoms with E-state index in [0.717, 1.165) is 48.5 Å². The summed E-state index contributed by atoms with van der Waals surface area (Å²) in [5.74, 6) is 0.786. The standard InChI is InChI=1S/C18H23N3OS2/c1-13-20-18(24-21-13)15(10-6-3-7-11-17(19)23)16(22)12-14-8-4-2-5-9-14/h2,4-5,8-9,15H,3,6-7,10-12H2,1H3,(H2,19,23). The zero-order valence-corrected chi connectivity index (χ0v) is 15.5. The Balaban J connectivity index is 1.97. The van der Waals surface area contributed by atoms with E-state index in [1.54, 1.807) is 0 Å². The third-order valence-corrected chi connectivity index (χ3v) is 4.99. The lowest BCUT2D eigenvalue weighted by atomic mass is 9.93.